The van der Waals surface area contributed by atoms with E-state index in [9.17, 15) is 8.78 Å². The molecule has 1 atom stereocenters. The molecule has 2 aromatic carbocycles. The van der Waals surface area contributed by atoms with E-state index < -0.39 is 11.6 Å². The van der Waals surface area contributed by atoms with Crippen molar-refractivity contribution < 1.29 is 8.78 Å². The topological polar surface area (TPSA) is 12.0 Å². The second-order valence-electron chi connectivity index (χ2n) is 4.69. The van der Waals surface area contributed by atoms with Crippen molar-refractivity contribution in [3.63, 3.8) is 0 Å². The van der Waals surface area contributed by atoms with Gasteiger partial charge in [-0.05, 0) is 36.7 Å². The molecule has 0 saturated heterocycles. The summed E-state index contributed by atoms with van der Waals surface area (Å²) in [5.74, 6) is -0.832. The highest BCUT2D eigenvalue weighted by molar-refractivity contribution is 6.31. The van der Waals surface area contributed by atoms with Crippen LogP contribution in [0.2, 0.25) is 10.0 Å². The molecule has 2 aromatic rings. The van der Waals surface area contributed by atoms with Crippen LogP contribution in [0.1, 0.15) is 24.1 Å². The molecule has 0 spiro atoms. The van der Waals surface area contributed by atoms with Crippen LogP contribution < -0.4 is 5.32 Å². The van der Waals surface area contributed by atoms with Crippen molar-refractivity contribution in [2.24, 2.45) is 0 Å². The van der Waals surface area contributed by atoms with Crippen molar-refractivity contribution in [3.8, 4) is 0 Å². The quantitative estimate of drug-likeness (QED) is 0.798. The van der Waals surface area contributed by atoms with Crippen molar-refractivity contribution in [2.45, 2.75) is 19.4 Å². The molecule has 0 fully saturated rings. The zero-order valence-electron chi connectivity index (χ0n) is 11.5. The molecule has 2 rings (SSSR count). The fraction of sp³-hybridized carbons (Fsp3) is 0.250. The molecule has 0 aliphatic rings. The first-order valence-electron chi connectivity index (χ1n) is 6.64. The molecule has 1 unspecified atom stereocenters. The second-order valence-corrected chi connectivity index (χ2v) is 5.51. The van der Waals surface area contributed by atoms with Crippen LogP contribution in [-0.2, 0) is 6.42 Å². The third-order valence-corrected chi connectivity index (χ3v) is 3.89. The molecular weight excluding hydrogens is 315 g/mol. The van der Waals surface area contributed by atoms with Gasteiger partial charge >= 0.3 is 0 Å². The Labute approximate surface area is 132 Å². The minimum Gasteiger partial charge on any atom is -0.310 e. The minimum atomic E-state index is -0.441. The molecule has 0 aromatic heterocycles. The van der Waals surface area contributed by atoms with Gasteiger partial charge in [0.25, 0.3) is 0 Å². The SMILES string of the molecule is CCNC(Cc1ccc(F)cc1Cl)c1cccc(Cl)c1F. The highest BCUT2D eigenvalue weighted by atomic mass is 35.5. The summed E-state index contributed by atoms with van der Waals surface area (Å²) in [6.45, 7) is 2.59. The number of benzene rings is 2. The first kappa shape index (κ1) is 16.2. The van der Waals surface area contributed by atoms with Crippen LogP contribution in [0.5, 0.6) is 0 Å². The third kappa shape index (κ3) is 3.94. The number of hydrogen-bond donors (Lipinski definition) is 1. The molecule has 0 aliphatic carbocycles. The van der Waals surface area contributed by atoms with E-state index in [0.29, 0.717) is 23.6 Å². The molecule has 1 N–H and O–H groups in total. The van der Waals surface area contributed by atoms with Gasteiger partial charge in [0.2, 0.25) is 0 Å². The third-order valence-electron chi connectivity index (χ3n) is 3.25. The second kappa shape index (κ2) is 7.21. The van der Waals surface area contributed by atoms with Gasteiger partial charge in [-0.2, -0.15) is 0 Å². The summed E-state index contributed by atoms with van der Waals surface area (Å²) in [5.41, 5.74) is 1.23. The van der Waals surface area contributed by atoms with Crippen molar-refractivity contribution in [1.82, 2.24) is 5.32 Å². The van der Waals surface area contributed by atoms with E-state index in [2.05, 4.69) is 5.32 Å². The fourth-order valence-electron chi connectivity index (χ4n) is 2.24. The Morgan fingerprint density at radius 1 is 1.10 bits per heavy atom. The molecule has 5 heteroatoms. The van der Waals surface area contributed by atoms with E-state index in [1.54, 1.807) is 18.2 Å². The standard InChI is InChI=1S/C16H15Cl2F2N/c1-2-21-15(12-4-3-5-13(17)16(12)20)8-10-6-7-11(19)9-14(10)18/h3-7,9,15,21H,2,8H2,1H3. The Balaban J connectivity index is 2.33. The lowest BCUT2D eigenvalue weighted by Gasteiger charge is -2.20. The molecule has 0 aliphatic heterocycles. The first-order chi connectivity index (χ1) is 10.0. The van der Waals surface area contributed by atoms with E-state index in [-0.39, 0.29) is 11.1 Å². The number of likely N-dealkylation sites (N-methyl/N-ethyl adjacent to an activating group) is 1. The zero-order chi connectivity index (χ0) is 15.4. The number of nitrogens with one attached hydrogen (secondary N) is 1. The molecule has 112 valence electrons. The highest BCUT2D eigenvalue weighted by Gasteiger charge is 2.18. The van der Waals surface area contributed by atoms with Gasteiger partial charge in [-0.3, -0.25) is 0 Å². The lowest BCUT2D eigenvalue weighted by Crippen LogP contribution is -2.24. The average Bonchev–Trinajstić information content (AvgIpc) is 2.44. The monoisotopic (exact) mass is 329 g/mol. The Hall–Kier alpha value is -1.16. The van der Waals surface area contributed by atoms with Crippen LogP contribution in [0.25, 0.3) is 0 Å². The smallest absolute Gasteiger partial charge is 0.146 e. The van der Waals surface area contributed by atoms with E-state index in [4.69, 9.17) is 23.2 Å². The van der Waals surface area contributed by atoms with Crippen molar-refractivity contribution in [3.05, 3.63) is 69.2 Å². The molecule has 1 nitrogen and oxygen atoms in total. The summed E-state index contributed by atoms with van der Waals surface area (Å²) in [4.78, 5) is 0. The molecule has 0 bridgehead atoms. The van der Waals surface area contributed by atoms with E-state index in [0.717, 1.165) is 5.56 Å². The summed E-state index contributed by atoms with van der Waals surface area (Å²) >= 11 is 11.9. The van der Waals surface area contributed by atoms with E-state index >= 15 is 0 Å². The van der Waals surface area contributed by atoms with Crippen molar-refractivity contribution in [2.75, 3.05) is 6.54 Å². The summed E-state index contributed by atoms with van der Waals surface area (Å²) in [6.07, 6.45) is 0.449. The Morgan fingerprint density at radius 3 is 2.52 bits per heavy atom. The first-order valence-corrected chi connectivity index (χ1v) is 7.39. The molecule has 0 saturated carbocycles. The van der Waals surface area contributed by atoms with Gasteiger partial charge in [0.05, 0.1) is 5.02 Å². The zero-order valence-corrected chi connectivity index (χ0v) is 13.0. The van der Waals surface area contributed by atoms with Gasteiger partial charge in [-0.15, -0.1) is 0 Å². The summed E-state index contributed by atoms with van der Waals surface area (Å²) < 4.78 is 27.3. The predicted molar refractivity (Wildman–Crippen MR) is 82.9 cm³/mol. The van der Waals surface area contributed by atoms with E-state index in [1.165, 1.54) is 18.2 Å². The minimum absolute atomic E-state index is 0.0839. The lowest BCUT2D eigenvalue weighted by molar-refractivity contribution is 0.510. The largest absolute Gasteiger partial charge is 0.310 e. The summed E-state index contributed by atoms with van der Waals surface area (Å²) in [7, 11) is 0. The maximum Gasteiger partial charge on any atom is 0.146 e. The Bertz CT molecular complexity index is 632. The van der Waals surface area contributed by atoms with Crippen molar-refractivity contribution >= 4 is 23.2 Å². The maximum atomic E-state index is 14.2. The molecular formula is C16H15Cl2F2N. The fourth-order valence-corrected chi connectivity index (χ4v) is 2.66. The highest BCUT2D eigenvalue weighted by Crippen LogP contribution is 2.28. The van der Waals surface area contributed by atoms with E-state index in [1.807, 2.05) is 6.92 Å². The maximum absolute atomic E-state index is 14.2. The van der Waals surface area contributed by atoms with Gasteiger partial charge in [0.15, 0.2) is 0 Å². The van der Waals surface area contributed by atoms with Crippen LogP contribution in [0.15, 0.2) is 36.4 Å². The normalized spacial score (nSPS) is 12.4. The molecule has 0 radical (unpaired) electrons. The average molecular weight is 330 g/mol. The van der Waals surface area contributed by atoms with Gasteiger partial charge in [0.1, 0.15) is 11.6 Å². The molecule has 0 amide bonds. The van der Waals surface area contributed by atoms with Gasteiger partial charge in [-0.25, -0.2) is 8.78 Å². The van der Waals surface area contributed by atoms with Crippen LogP contribution >= 0.6 is 23.2 Å². The number of hydrogen-bond acceptors (Lipinski definition) is 1. The Kier molecular flexibility index (Phi) is 5.57. The number of halogens is 4. The van der Waals surface area contributed by atoms with Gasteiger partial charge in [0, 0.05) is 16.6 Å². The predicted octanol–water partition coefficient (Wildman–Crippen LogP) is 5.16. The van der Waals surface area contributed by atoms with Crippen LogP contribution in [0, 0.1) is 11.6 Å². The molecule has 21 heavy (non-hydrogen) atoms. The van der Waals surface area contributed by atoms with Crippen LogP contribution in [0.3, 0.4) is 0 Å². The van der Waals surface area contributed by atoms with Crippen molar-refractivity contribution in [1.29, 1.82) is 0 Å². The Morgan fingerprint density at radius 2 is 1.86 bits per heavy atom. The van der Waals surface area contributed by atoms with Crippen LogP contribution in [-0.4, -0.2) is 6.54 Å². The van der Waals surface area contributed by atoms with Gasteiger partial charge < -0.3 is 5.32 Å². The summed E-state index contributed by atoms with van der Waals surface area (Å²) in [6, 6.07) is 8.84. The number of rotatable bonds is 5. The lowest BCUT2D eigenvalue weighted by atomic mass is 9.98. The summed E-state index contributed by atoms with van der Waals surface area (Å²) in [5, 5.41) is 3.62. The van der Waals surface area contributed by atoms with Gasteiger partial charge in [-0.1, -0.05) is 48.3 Å². The molecule has 0 heterocycles. The van der Waals surface area contributed by atoms with Crippen LogP contribution in [0.4, 0.5) is 8.78 Å².